The fourth-order valence-electron chi connectivity index (χ4n) is 2.78. The van der Waals surface area contributed by atoms with E-state index in [0.717, 1.165) is 16.8 Å². The summed E-state index contributed by atoms with van der Waals surface area (Å²) in [7, 11) is 4.75. The lowest BCUT2D eigenvalue weighted by atomic mass is 10.0. The molecule has 0 N–H and O–H groups in total. The van der Waals surface area contributed by atoms with Gasteiger partial charge in [0.05, 0.1) is 31.2 Å². The molecule has 3 rings (SSSR count). The Kier molecular flexibility index (Phi) is 6.54. The molecule has 0 atom stereocenters. The van der Waals surface area contributed by atoms with Crippen molar-refractivity contribution in [3.05, 3.63) is 84.7 Å². The number of nitrogens with zero attached hydrogens (tertiary/aromatic N) is 4. The molecule has 7 nitrogen and oxygen atoms in total. The fourth-order valence-corrected chi connectivity index (χ4v) is 2.78. The molecule has 0 saturated carbocycles. The molecule has 30 heavy (non-hydrogen) atoms. The first-order valence-electron chi connectivity index (χ1n) is 9.16. The standard InChI is InChI=1S/C23H22N4O3/c1-16(21-7-5-6-14-24-21)25-26-27(2)19-12-13-20(22(15-19)29-3)17-8-10-18(11-9-17)23(28)30-4/h5-15H,1H2,2-4H3. The van der Waals surface area contributed by atoms with Gasteiger partial charge in [-0.05, 0) is 42.0 Å². The molecule has 1 aromatic heterocycles. The Morgan fingerprint density at radius 2 is 1.83 bits per heavy atom. The topological polar surface area (TPSA) is 76.4 Å². The maximum Gasteiger partial charge on any atom is 0.337 e. The summed E-state index contributed by atoms with van der Waals surface area (Å²) in [6.07, 6.45) is 1.68. The summed E-state index contributed by atoms with van der Waals surface area (Å²) < 4.78 is 10.3. The molecule has 0 saturated heterocycles. The SMILES string of the molecule is C=C(N=NN(C)c1ccc(-c2ccc(C(=O)OC)cc2)c(OC)c1)c1ccccn1. The van der Waals surface area contributed by atoms with Gasteiger partial charge in [0.25, 0.3) is 0 Å². The van der Waals surface area contributed by atoms with Gasteiger partial charge in [0, 0.05) is 24.9 Å². The minimum absolute atomic E-state index is 0.372. The number of carbonyl (C=O) groups excluding carboxylic acids is 1. The third-order valence-corrected chi connectivity index (χ3v) is 4.44. The zero-order valence-corrected chi connectivity index (χ0v) is 17.1. The van der Waals surface area contributed by atoms with Gasteiger partial charge in [0.2, 0.25) is 0 Å². The van der Waals surface area contributed by atoms with Gasteiger partial charge in [-0.15, -0.1) is 5.11 Å². The van der Waals surface area contributed by atoms with Crippen LogP contribution in [-0.2, 0) is 4.74 Å². The summed E-state index contributed by atoms with van der Waals surface area (Å²) in [6, 6.07) is 18.4. The van der Waals surface area contributed by atoms with Crippen LogP contribution in [0.5, 0.6) is 5.75 Å². The van der Waals surface area contributed by atoms with Crippen LogP contribution >= 0.6 is 0 Å². The van der Waals surface area contributed by atoms with Crippen molar-refractivity contribution in [2.75, 3.05) is 26.3 Å². The van der Waals surface area contributed by atoms with Crippen LogP contribution in [0.25, 0.3) is 16.8 Å². The Bertz CT molecular complexity index is 1060. The van der Waals surface area contributed by atoms with Gasteiger partial charge in [0.1, 0.15) is 11.4 Å². The fraction of sp³-hybridized carbons (Fsp3) is 0.130. The number of anilines is 1. The van der Waals surface area contributed by atoms with Crippen LogP contribution in [0.4, 0.5) is 5.69 Å². The van der Waals surface area contributed by atoms with Crippen LogP contribution in [0.2, 0.25) is 0 Å². The first-order chi connectivity index (χ1) is 14.5. The molecule has 0 bridgehead atoms. The summed E-state index contributed by atoms with van der Waals surface area (Å²) >= 11 is 0. The van der Waals surface area contributed by atoms with Crippen LogP contribution < -0.4 is 9.75 Å². The van der Waals surface area contributed by atoms with Crippen molar-refractivity contribution in [1.82, 2.24) is 4.98 Å². The predicted molar refractivity (Wildman–Crippen MR) is 116 cm³/mol. The molecule has 3 aromatic rings. The van der Waals surface area contributed by atoms with Gasteiger partial charge in [-0.25, -0.2) is 9.80 Å². The molecule has 0 amide bonds. The molecule has 0 unspecified atom stereocenters. The van der Waals surface area contributed by atoms with Gasteiger partial charge in [-0.2, -0.15) is 0 Å². The maximum absolute atomic E-state index is 11.6. The molecule has 1 heterocycles. The second-order valence-corrected chi connectivity index (χ2v) is 6.33. The molecule has 0 radical (unpaired) electrons. The zero-order chi connectivity index (χ0) is 21.5. The maximum atomic E-state index is 11.6. The van der Waals surface area contributed by atoms with Crippen LogP contribution in [0.15, 0.2) is 83.8 Å². The monoisotopic (exact) mass is 402 g/mol. The van der Waals surface area contributed by atoms with Crippen molar-refractivity contribution in [3.63, 3.8) is 0 Å². The van der Waals surface area contributed by atoms with Crippen LogP contribution in [-0.4, -0.2) is 32.2 Å². The highest BCUT2D eigenvalue weighted by molar-refractivity contribution is 5.90. The summed E-state index contributed by atoms with van der Waals surface area (Å²) in [5, 5.41) is 9.98. The Morgan fingerprint density at radius 3 is 2.47 bits per heavy atom. The Morgan fingerprint density at radius 1 is 1.07 bits per heavy atom. The lowest BCUT2D eigenvalue weighted by molar-refractivity contribution is 0.0601. The molecule has 0 spiro atoms. The van der Waals surface area contributed by atoms with E-state index in [1.807, 2.05) is 48.5 Å². The highest BCUT2D eigenvalue weighted by Crippen LogP contribution is 2.34. The van der Waals surface area contributed by atoms with Crippen molar-refractivity contribution in [2.45, 2.75) is 0 Å². The second-order valence-electron chi connectivity index (χ2n) is 6.33. The predicted octanol–water partition coefficient (Wildman–Crippen LogP) is 5.02. The van der Waals surface area contributed by atoms with E-state index in [4.69, 9.17) is 9.47 Å². The minimum atomic E-state index is -0.372. The van der Waals surface area contributed by atoms with Crippen LogP contribution in [0.1, 0.15) is 16.1 Å². The van der Waals surface area contributed by atoms with Gasteiger partial charge in [-0.1, -0.05) is 30.0 Å². The minimum Gasteiger partial charge on any atom is -0.496 e. The lowest BCUT2D eigenvalue weighted by Gasteiger charge is -2.15. The molecule has 0 aliphatic carbocycles. The number of benzene rings is 2. The van der Waals surface area contributed by atoms with Gasteiger partial charge in [0.15, 0.2) is 0 Å². The molecule has 7 heteroatoms. The van der Waals surface area contributed by atoms with E-state index < -0.39 is 0 Å². The largest absolute Gasteiger partial charge is 0.496 e. The van der Waals surface area contributed by atoms with Crippen molar-refractivity contribution < 1.29 is 14.3 Å². The third kappa shape index (κ3) is 4.70. The van der Waals surface area contributed by atoms with E-state index >= 15 is 0 Å². The molecular weight excluding hydrogens is 380 g/mol. The third-order valence-electron chi connectivity index (χ3n) is 4.44. The lowest BCUT2D eigenvalue weighted by Crippen LogP contribution is -2.07. The van der Waals surface area contributed by atoms with E-state index in [0.29, 0.717) is 22.7 Å². The van der Waals surface area contributed by atoms with E-state index in [1.165, 1.54) is 7.11 Å². The smallest absolute Gasteiger partial charge is 0.337 e. The highest BCUT2D eigenvalue weighted by atomic mass is 16.5. The number of pyridine rings is 1. The number of ether oxygens (including phenoxy) is 2. The zero-order valence-electron chi connectivity index (χ0n) is 17.1. The van der Waals surface area contributed by atoms with Gasteiger partial charge in [-0.3, -0.25) is 4.98 Å². The first-order valence-corrected chi connectivity index (χ1v) is 9.16. The normalized spacial score (nSPS) is 10.6. The highest BCUT2D eigenvalue weighted by Gasteiger charge is 2.11. The molecule has 152 valence electrons. The second kappa shape index (κ2) is 9.47. The van der Waals surface area contributed by atoms with Crippen molar-refractivity contribution in [2.24, 2.45) is 10.3 Å². The Labute approximate surface area is 175 Å². The van der Waals surface area contributed by atoms with Crippen LogP contribution in [0.3, 0.4) is 0 Å². The Balaban J connectivity index is 1.80. The van der Waals surface area contributed by atoms with Gasteiger partial charge >= 0.3 is 5.97 Å². The molecule has 0 aliphatic rings. The van der Waals surface area contributed by atoms with Crippen molar-refractivity contribution in [1.29, 1.82) is 0 Å². The molecule has 0 fully saturated rings. The van der Waals surface area contributed by atoms with E-state index in [1.54, 1.807) is 37.5 Å². The summed E-state index contributed by atoms with van der Waals surface area (Å²) in [6.45, 7) is 3.90. The molecule has 0 aliphatic heterocycles. The van der Waals surface area contributed by atoms with E-state index in [-0.39, 0.29) is 5.97 Å². The van der Waals surface area contributed by atoms with Crippen LogP contribution in [0, 0.1) is 0 Å². The number of esters is 1. The van der Waals surface area contributed by atoms with Crippen molar-refractivity contribution >= 4 is 17.4 Å². The molecular formula is C23H22N4O3. The number of aromatic nitrogens is 1. The summed E-state index contributed by atoms with van der Waals surface area (Å²) in [4.78, 5) is 15.8. The number of methoxy groups -OCH3 is 2. The number of hydrogen-bond donors (Lipinski definition) is 0. The van der Waals surface area contributed by atoms with Crippen molar-refractivity contribution in [3.8, 4) is 16.9 Å². The Hall–Kier alpha value is -4.00. The molecule has 2 aromatic carbocycles. The number of carbonyl (C=O) groups is 1. The summed E-state index contributed by atoms with van der Waals surface area (Å²) in [5.41, 5.74) is 4.22. The average Bonchev–Trinajstić information content (AvgIpc) is 2.82. The number of rotatable bonds is 7. The number of hydrogen-bond acceptors (Lipinski definition) is 6. The quantitative estimate of drug-likeness (QED) is 0.315. The summed E-state index contributed by atoms with van der Waals surface area (Å²) in [5.74, 6) is 0.298. The van der Waals surface area contributed by atoms with E-state index in [9.17, 15) is 4.79 Å². The average molecular weight is 402 g/mol. The van der Waals surface area contributed by atoms with Gasteiger partial charge < -0.3 is 9.47 Å². The first kappa shape index (κ1) is 20.7. The van der Waals surface area contributed by atoms with E-state index in [2.05, 4.69) is 21.9 Å².